The molecule has 0 saturated heterocycles. The van der Waals surface area contributed by atoms with Crippen LogP contribution in [-0.2, 0) is 0 Å². The molecule has 136 valence electrons. The molecule has 1 amide bonds. The summed E-state index contributed by atoms with van der Waals surface area (Å²) in [4.78, 5) is 14.8. The molecule has 1 N–H and O–H groups in total. The van der Waals surface area contributed by atoms with Crippen LogP contribution in [0.1, 0.15) is 42.4 Å². The number of anilines is 1. The molecule has 0 spiro atoms. The van der Waals surface area contributed by atoms with E-state index in [-0.39, 0.29) is 12.1 Å². The number of para-hydroxylation sites is 2. The van der Waals surface area contributed by atoms with E-state index < -0.39 is 0 Å². The maximum absolute atomic E-state index is 13.0. The number of carbonyl (C=O) groups excluding carboxylic acids is 1. The summed E-state index contributed by atoms with van der Waals surface area (Å²) in [6, 6.07) is 15.5. The molecule has 0 fully saturated rings. The fourth-order valence-corrected chi connectivity index (χ4v) is 3.11. The molecule has 26 heavy (non-hydrogen) atoms. The van der Waals surface area contributed by atoms with Gasteiger partial charge < -0.3 is 15.0 Å². The first-order chi connectivity index (χ1) is 12.6. The SMILES string of the molecule is C=CCN1C(=O)c2ccccc2NC1c1ccccc1OCCC(C)C. The molecule has 1 unspecified atom stereocenters. The molecule has 1 aliphatic rings. The number of hydrogen-bond donors (Lipinski definition) is 1. The van der Waals surface area contributed by atoms with Gasteiger partial charge in [0.25, 0.3) is 5.91 Å². The molecular formula is C22H26N2O2. The molecule has 0 bridgehead atoms. The Morgan fingerprint density at radius 1 is 1.19 bits per heavy atom. The van der Waals surface area contributed by atoms with Crippen LogP contribution in [-0.4, -0.2) is 24.0 Å². The first-order valence-electron chi connectivity index (χ1n) is 9.11. The average Bonchev–Trinajstić information content (AvgIpc) is 2.64. The van der Waals surface area contributed by atoms with Gasteiger partial charge in [-0.25, -0.2) is 0 Å². The maximum atomic E-state index is 13.0. The van der Waals surface area contributed by atoms with Crippen LogP contribution in [0.15, 0.2) is 61.2 Å². The zero-order chi connectivity index (χ0) is 18.5. The van der Waals surface area contributed by atoms with Gasteiger partial charge in [0.15, 0.2) is 0 Å². The number of nitrogens with one attached hydrogen (secondary N) is 1. The van der Waals surface area contributed by atoms with Crippen molar-refractivity contribution in [1.29, 1.82) is 0 Å². The van der Waals surface area contributed by atoms with Gasteiger partial charge in [0.2, 0.25) is 0 Å². The molecule has 1 heterocycles. The van der Waals surface area contributed by atoms with E-state index in [1.807, 2.05) is 48.5 Å². The van der Waals surface area contributed by atoms with Crippen LogP contribution in [0.2, 0.25) is 0 Å². The van der Waals surface area contributed by atoms with Gasteiger partial charge in [0.1, 0.15) is 11.9 Å². The molecule has 2 aromatic rings. The van der Waals surface area contributed by atoms with Crippen LogP contribution in [0.5, 0.6) is 5.75 Å². The molecule has 0 saturated carbocycles. The van der Waals surface area contributed by atoms with Crippen molar-refractivity contribution in [3.63, 3.8) is 0 Å². The lowest BCUT2D eigenvalue weighted by molar-refractivity contribution is 0.0705. The summed E-state index contributed by atoms with van der Waals surface area (Å²) in [6.07, 6.45) is 2.46. The highest BCUT2D eigenvalue weighted by Crippen LogP contribution is 2.36. The van der Waals surface area contributed by atoms with Gasteiger partial charge >= 0.3 is 0 Å². The fraction of sp³-hybridized carbons (Fsp3) is 0.318. The Labute approximate surface area is 155 Å². The van der Waals surface area contributed by atoms with E-state index in [2.05, 4.69) is 25.7 Å². The summed E-state index contributed by atoms with van der Waals surface area (Å²) < 4.78 is 6.05. The third-order valence-corrected chi connectivity index (χ3v) is 4.51. The average molecular weight is 350 g/mol. The standard InChI is InChI=1S/C22H26N2O2/c1-4-14-24-21(23-19-11-7-5-9-17(19)22(24)25)18-10-6-8-12-20(18)26-15-13-16(2)3/h4-12,16,21,23H,1,13-15H2,2-3H3. The summed E-state index contributed by atoms with van der Waals surface area (Å²) >= 11 is 0. The summed E-state index contributed by atoms with van der Waals surface area (Å²) in [5, 5.41) is 3.50. The van der Waals surface area contributed by atoms with Crippen molar-refractivity contribution in [1.82, 2.24) is 4.90 Å². The largest absolute Gasteiger partial charge is 0.493 e. The monoisotopic (exact) mass is 350 g/mol. The smallest absolute Gasteiger partial charge is 0.258 e. The quantitative estimate of drug-likeness (QED) is 0.725. The third kappa shape index (κ3) is 3.74. The first kappa shape index (κ1) is 18.1. The third-order valence-electron chi connectivity index (χ3n) is 4.51. The molecule has 1 atom stereocenters. The Hall–Kier alpha value is -2.75. The summed E-state index contributed by atoms with van der Waals surface area (Å²) in [5.41, 5.74) is 2.49. The fourth-order valence-electron chi connectivity index (χ4n) is 3.11. The van der Waals surface area contributed by atoms with Crippen LogP contribution in [0.25, 0.3) is 0 Å². The van der Waals surface area contributed by atoms with Crippen LogP contribution >= 0.6 is 0 Å². The van der Waals surface area contributed by atoms with Crippen molar-refractivity contribution in [2.75, 3.05) is 18.5 Å². The normalized spacial score (nSPS) is 16.2. The lowest BCUT2D eigenvalue weighted by Gasteiger charge is -2.38. The highest BCUT2D eigenvalue weighted by molar-refractivity contribution is 6.01. The molecule has 3 rings (SSSR count). The number of benzene rings is 2. The van der Waals surface area contributed by atoms with Crippen molar-refractivity contribution in [2.45, 2.75) is 26.4 Å². The van der Waals surface area contributed by atoms with E-state index in [0.717, 1.165) is 23.4 Å². The van der Waals surface area contributed by atoms with Crippen LogP contribution < -0.4 is 10.1 Å². The number of fused-ring (bicyclic) bond motifs is 1. The second-order valence-electron chi connectivity index (χ2n) is 6.91. The molecule has 4 nitrogen and oxygen atoms in total. The van der Waals surface area contributed by atoms with Gasteiger partial charge in [-0.2, -0.15) is 0 Å². The van der Waals surface area contributed by atoms with Gasteiger partial charge in [-0.15, -0.1) is 6.58 Å². The van der Waals surface area contributed by atoms with E-state index in [0.29, 0.717) is 24.6 Å². The van der Waals surface area contributed by atoms with Crippen molar-refractivity contribution >= 4 is 11.6 Å². The summed E-state index contributed by atoms with van der Waals surface area (Å²) in [6.45, 7) is 9.30. The molecule has 2 aromatic carbocycles. The molecule has 0 aromatic heterocycles. The van der Waals surface area contributed by atoms with Crippen molar-refractivity contribution < 1.29 is 9.53 Å². The highest BCUT2D eigenvalue weighted by Gasteiger charge is 2.33. The number of carbonyl (C=O) groups is 1. The van der Waals surface area contributed by atoms with E-state index >= 15 is 0 Å². The van der Waals surface area contributed by atoms with Crippen molar-refractivity contribution in [3.8, 4) is 5.75 Å². The van der Waals surface area contributed by atoms with Crippen LogP contribution in [0, 0.1) is 5.92 Å². The van der Waals surface area contributed by atoms with E-state index in [9.17, 15) is 4.79 Å². The van der Waals surface area contributed by atoms with Crippen LogP contribution in [0.3, 0.4) is 0 Å². The zero-order valence-corrected chi connectivity index (χ0v) is 15.4. The lowest BCUT2D eigenvalue weighted by Crippen LogP contribution is -2.43. The van der Waals surface area contributed by atoms with Crippen molar-refractivity contribution in [2.24, 2.45) is 5.92 Å². The van der Waals surface area contributed by atoms with E-state index in [4.69, 9.17) is 4.74 Å². The number of rotatable bonds is 7. The lowest BCUT2D eigenvalue weighted by atomic mass is 10.0. The Morgan fingerprint density at radius 3 is 2.69 bits per heavy atom. The minimum Gasteiger partial charge on any atom is -0.493 e. The molecular weight excluding hydrogens is 324 g/mol. The van der Waals surface area contributed by atoms with Gasteiger partial charge in [0, 0.05) is 17.8 Å². The van der Waals surface area contributed by atoms with E-state index in [1.54, 1.807) is 11.0 Å². The highest BCUT2D eigenvalue weighted by atomic mass is 16.5. The predicted molar refractivity (Wildman–Crippen MR) is 105 cm³/mol. The second kappa shape index (κ2) is 8.09. The Kier molecular flexibility index (Phi) is 5.61. The number of amides is 1. The van der Waals surface area contributed by atoms with Crippen LogP contribution in [0.4, 0.5) is 5.69 Å². The summed E-state index contributed by atoms with van der Waals surface area (Å²) in [5.74, 6) is 1.40. The Bertz CT molecular complexity index is 785. The maximum Gasteiger partial charge on any atom is 0.258 e. The van der Waals surface area contributed by atoms with E-state index in [1.165, 1.54) is 0 Å². The molecule has 0 aliphatic carbocycles. The Balaban J connectivity index is 1.94. The number of nitrogens with zero attached hydrogens (tertiary/aromatic N) is 1. The second-order valence-corrected chi connectivity index (χ2v) is 6.91. The molecule has 4 heteroatoms. The zero-order valence-electron chi connectivity index (χ0n) is 15.4. The topological polar surface area (TPSA) is 41.6 Å². The Morgan fingerprint density at radius 2 is 1.92 bits per heavy atom. The minimum absolute atomic E-state index is 0.00114. The number of hydrogen-bond acceptors (Lipinski definition) is 3. The molecule has 0 radical (unpaired) electrons. The van der Waals surface area contributed by atoms with Gasteiger partial charge in [-0.1, -0.05) is 50.3 Å². The van der Waals surface area contributed by atoms with Gasteiger partial charge in [0.05, 0.1) is 12.2 Å². The predicted octanol–water partition coefficient (Wildman–Crippen LogP) is 4.86. The number of ether oxygens (including phenoxy) is 1. The van der Waals surface area contributed by atoms with Gasteiger partial charge in [-0.05, 0) is 30.5 Å². The molecule has 1 aliphatic heterocycles. The van der Waals surface area contributed by atoms with Gasteiger partial charge in [-0.3, -0.25) is 4.79 Å². The minimum atomic E-state index is -0.286. The first-order valence-corrected chi connectivity index (χ1v) is 9.11. The van der Waals surface area contributed by atoms with Crippen molar-refractivity contribution in [3.05, 3.63) is 72.3 Å². The summed E-state index contributed by atoms with van der Waals surface area (Å²) in [7, 11) is 0.